The predicted molar refractivity (Wildman–Crippen MR) is 93.7 cm³/mol. The zero-order valence-corrected chi connectivity index (χ0v) is 16.0. The lowest BCUT2D eigenvalue weighted by Gasteiger charge is -2.18. The second-order valence-corrected chi connectivity index (χ2v) is 7.17. The van der Waals surface area contributed by atoms with Crippen LogP contribution in [0.2, 0.25) is 0 Å². The van der Waals surface area contributed by atoms with Crippen molar-refractivity contribution in [2.24, 2.45) is 5.92 Å². The minimum Gasteiger partial charge on any atom is -0.497 e. The van der Waals surface area contributed by atoms with E-state index in [1.165, 1.54) is 0 Å². The molecule has 0 fully saturated rings. The number of carbonyl (C=O) groups is 1. The molecule has 1 rings (SSSR count). The topological polar surface area (TPSA) is 44.8 Å². The van der Waals surface area contributed by atoms with Crippen molar-refractivity contribution in [2.45, 2.75) is 40.7 Å². The second kappa shape index (κ2) is 8.77. The van der Waals surface area contributed by atoms with Crippen LogP contribution in [-0.4, -0.2) is 35.8 Å². The average Bonchev–Trinajstić information content (AvgIpc) is 2.50. The fourth-order valence-electron chi connectivity index (χ4n) is 2.14. The molecule has 0 aliphatic rings. The Hall–Kier alpha value is -1.75. The molecule has 5 heteroatoms. The first-order chi connectivity index (χ1) is 10.8. The number of benzene rings is 1. The van der Waals surface area contributed by atoms with Crippen LogP contribution < -0.4 is 14.7 Å². The van der Waals surface area contributed by atoms with Gasteiger partial charge >= 0.3 is 5.97 Å². The molecule has 0 aliphatic heterocycles. The highest BCUT2D eigenvalue weighted by molar-refractivity contribution is 6.62. The number of hydrogen-bond acceptors (Lipinski definition) is 4. The van der Waals surface area contributed by atoms with Crippen LogP contribution in [0.25, 0.3) is 0 Å². The molecule has 0 aromatic heterocycles. The molecule has 0 bridgehead atoms. The van der Waals surface area contributed by atoms with Gasteiger partial charge in [-0.3, -0.25) is 0 Å². The molecule has 2 radical (unpaired) electrons. The van der Waals surface area contributed by atoms with Crippen molar-refractivity contribution in [3.05, 3.63) is 29.0 Å². The molecule has 0 N–H and O–H groups in total. The summed E-state index contributed by atoms with van der Waals surface area (Å²) in [6, 6.07) is 5.72. The highest BCUT2D eigenvalue weighted by Crippen LogP contribution is 2.20. The van der Waals surface area contributed by atoms with Gasteiger partial charge in [0.2, 0.25) is 0 Å². The summed E-state index contributed by atoms with van der Waals surface area (Å²) < 4.78 is 16.1. The summed E-state index contributed by atoms with van der Waals surface area (Å²) in [7, 11) is 3.61. The minimum atomic E-state index is -0.252. The molecular formula is C18H26O4Si. The molecule has 0 amide bonds. The number of esters is 1. The molecule has 4 nitrogen and oxygen atoms in total. The summed E-state index contributed by atoms with van der Waals surface area (Å²) in [4.78, 5) is 12.2. The van der Waals surface area contributed by atoms with E-state index >= 15 is 0 Å². The Kier molecular flexibility index (Phi) is 7.36. The van der Waals surface area contributed by atoms with Crippen LogP contribution in [0.3, 0.4) is 0 Å². The SMILES string of the molecule is COc1ccc(OC)c([Si]C(=C(C)C(=O)OC(C)C)C(C)C)c1. The van der Waals surface area contributed by atoms with Gasteiger partial charge in [0.25, 0.3) is 0 Å². The van der Waals surface area contributed by atoms with Crippen molar-refractivity contribution in [3.8, 4) is 11.5 Å². The van der Waals surface area contributed by atoms with E-state index in [4.69, 9.17) is 14.2 Å². The normalized spacial score (nSPS) is 12.2. The van der Waals surface area contributed by atoms with E-state index in [1.807, 2.05) is 39.0 Å². The minimum absolute atomic E-state index is 0.124. The van der Waals surface area contributed by atoms with Crippen LogP contribution in [0.5, 0.6) is 11.5 Å². The van der Waals surface area contributed by atoms with E-state index < -0.39 is 0 Å². The predicted octanol–water partition coefficient (Wildman–Crippen LogP) is 2.91. The maximum atomic E-state index is 12.2. The zero-order chi connectivity index (χ0) is 17.6. The first kappa shape index (κ1) is 19.3. The Morgan fingerprint density at radius 2 is 1.74 bits per heavy atom. The van der Waals surface area contributed by atoms with E-state index in [0.717, 1.165) is 21.9 Å². The molecule has 0 spiro atoms. The van der Waals surface area contributed by atoms with Gasteiger partial charge in [-0.05, 0) is 50.1 Å². The molecule has 1 aromatic carbocycles. The third-order valence-corrected chi connectivity index (χ3v) is 5.19. The summed E-state index contributed by atoms with van der Waals surface area (Å²) in [6.45, 7) is 9.71. The lowest BCUT2D eigenvalue weighted by Crippen LogP contribution is -2.25. The first-order valence-corrected chi connectivity index (χ1v) is 8.70. The van der Waals surface area contributed by atoms with Gasteiger partial charge in [0.15, 0.2) is 0 Å². The molecule has 1 aromatic rings. The van der Waals surface area contributed by atoms with E-state index in [1.54, 1.807) is 14.2 Å². The highest BCUT2D eigenvalue weighted by atomic mass is 28.2. The molecule has 0 atom stereocenters. The monoisotopic (exact) mass is 334 g/mol. The van der Waals surface area contributed by atoms with Gasteiger partial charge in [-0.25, -0.2) is 4.79 Å². The molecule has 0 unspecified atom stereocenters. The van der Waals surface area contributed by atoms with Crippen molar-refractivity contribution in [1.82, 2.24) is 0 Å². The van der Waals surface area contributed by atoms with Gasteiger partial charge in [0, 0.05) is 5.57 Å². The van der Waals surface area contributed by atoms with Crippen LogP contribution in [-0.2, 0) is 9.53 Å². The van der Waals surface area contributed by atoms with E-state index in [2.05, 4.69) is 13.8 Å². The van der Waals surface area contributed by atoms with E-state index in [0.29, 0.717) is 15.1 Å². The summed E-state index contributed by atoms with van der Waals surface area (Å²) in [6.07, 6.45) is -0.124. The van der Waals surface area contributed by atoms with E-state index in [9.17, 15) is 4.79 Å². The van der Waals surface area contributed by atoms with Gasteiger partial charge in [0.05, 0.1) is 20.3 Å². The summed E-state index contributed by atoms with van der Waals surface area (Å²) in [5, 5.41) is 2.09. The number of hydrogen-bond donors (Lipinski definition) is 0. The van der Waals surface area contributed by atoms with Gasteiger partial charge in [-0.2, -0.15) is 0 Å². The molecule has 126 valence electrons. The molecule has 0 saturated heterocycles. The smallest absolute Gasteiger partial charge is 0.333 e. The average molecular weight is 334 g/mol. The molecule has 0 heterocycles. The Morgan fingerprint density at radius 3 is 2.22 bits per heavy atom. The highest BCUT2D eigenvalue weighted by Gasteiger charge is 2.19. The quantitative estimate of drug-likeness (QED) is 0.437. The Labute approximate surface area is 141 Å². The second-order valence-electron chi connectivity index (χ2n) is 5.84. The number of allylic oxidation sites excluding steroid dienone is 1. The Morgan fingerprint density at radius 1 is 1.09 bits per heavy atom. The van der Waals surface area contributed by atoms with Crippen LogP contribution in [0, 0.1) is 5.92 Å². The van der Waals surface area contributed by atoms with Crippen molar-refractivity contribution < 1.29 is 19.0 Å². The Bertz CT molecular complexity index is 576. The first-order valence-electron chi connectivity index (χ1n) is 7.70. The van der Waals surface area contributed by atoms with Gasteiger partial charge in [0.1, 0.15) is 21.0 Å². The van der Waals surface area contributed by atoms with Crippen LogP contribution in [0.4, 0.5) is 0 Å². The van der Waals surface area contributed by atoms with Gasteiger partial charge in [-0.15, -0.1) is 0 Å². The van der Waals surface area contributed by atoms with Gasteiger partial charge in [-0.1, -0.05) is 19.0 Å². The van der Waals surface area contributed by atoms with Gasteiger partial charge < -0.3 is 14.2 Å². The molecular weight excluding hydrogens is 308 g/mol. The number of ether oxygens (including phenoxy) is 3. The van der Waals surface area contributed by atoms with Crippen molar-refractivity contribution in [2.75, 3.05) is 14.2 Å². The number of methoxy groups -OCH3 is 2. The van der Waals surface area contributed by atoms with Crippen molar-refractivity contribution in [1.29, 1.82) is 0 Å². The standard InChI is InChI=1S/C18H26O4Si/c1-11(2)17(13(5)18(19)22-12(3)4)23-16-10-14(20-6)8-9-15(16)21-7/h8-12H,1-7H3. The third-order valence-electron chi connectivity index (χ3n) is 3.31. The maximum Gasteiger partial charge on any atom is 0.333 e. The fourth-order valence-corrected chi connectivity index (χ4v) is 3.53. The molecule has 23 heavy (non-hydrogen) atoms. The lowest BCUT2D eigenvalue weighted by atomic mass is 10.1. The van der Waals surface area contributed by atoms with Crippen LogP contribution >= 0.6 is 0 Å². The molecule has 0 aliphatic carbocycles. The zero-order valence-electron chi connectivity index (χ0n) is 15.0. The largest absolute Gasteiger partial charge is 0.497 e. The number of carbonyl (C=O) groups excluding carboxylic acids is 1. The van der Waals surface area contributed by atoms with Crippen molar-refractivity contribution >= 4 is 20.7 Å². The Balaban J connectivity index is 3.21. The molecule has 0 saturated carbocycles. The lowest BCUT2D eigenvalue weighted by molar-refractivity contribution is -0.142. The van der Waals surface area contributed by atoms with Crippen molar-refractivity contribution in [3.63, 3.8) is 0 Å². The van der Waals surface area contributed by atoms with Crippen LogP contribution in [0.1, 0.15) is 34.6 Å². The third kappa shape index (κ3) is 5.43. The van der Waals surface area contributed by atoms with E-state index in [-0.39, 0.29) is 18.0 Å². The fraction of sp³-hybridized carbons (Fsp3) is 0.500. The maximum absolute atomic E-state index is 12.2. The summed E-state index contributed by atoms with van der Waals surface area (Å²) in [5.41, 5.74) is 0.678. The van der Waals surface area contributed by atoms with Crippen LogP contribution in [0.15, 0.2) is 29.0 Å². The summed E-state index contributed by atoms with van der Waals surface area (Å²) >= 11 is 0. The number of rotatable bonds is 7. The summed E-state index contributed by atoms with van der Waals surface area (Å²) in [5.74, 6) is 1.56.